The summed E-state index contributed by atoms with van der Waals surface area (Å²) in [4.78, 5) is 37.5. The molecule has 0 unspecified atom stereocenters. The highest BCUT2D eigenvalue weighted by molar-refractivity contribution is 7.09. The first-order valence-electron chi connectivity index (χ1n) is 13.6. The molecular weight excluding hydrogens is 498 g/mol. The van der Waals surface area contributed by atoms with Crippen molar-refractivity contribution in [2.45, 2.75) is 32.2 Å². The van der Waals surface area contributed by atoms with E-state index >= 15 is 0 Å². The Labute approximate surface area is 228 Å². The molecule has 2 fully saturated rings. The summed E-state index contributed by atoms with van der Waals surface area (Å²) in [5.74, 6) is 0.625. The van der Waals surface area contributed by atoms with Gasteiger partial charge in [-0.15, -0.1) is 11.3 Å². The number of nitrogens with zero attached hydrogens (tertiary/aromatic N) is 4. The molecule has 6 rings (SSSR count). The summed E-state index contributed by atoms with van der Waals surface area (Å²) in [5.41, 5.74) is 3.67. The number of hydrogen-bond donors (Lipinski definition) is 1. The maximum absolute atomic E-state index is 12.8. The molecule has 2 aromatic heterocycles. The Kier molecular flexibility index (Phi) is 7.32. The largest absolute Gasteiger partial charge is 0.380 e. The van der Waals surface area contributed by atoms with Gasteiger partial charge < -0.3 is 19.4 Å². The summed E-state index contributed by atoms with van der Waals surface area (Å²) >= 11 is 1.78. The van der Waals surface area contributed by atoms with E-state index in [1.807, 2.05) is 21.9 Å². The summed E-state index contributed by atoms with van der Waals surface area (Å²) in [5, 5.41) is 5.04. The molecule has 4 aliphatic rings. The van der Waals surface area contributed by atoms with Crippen LogP contribution in [0, 0.1) is 5.41 Å². The number of carbonyl (C=O) groups is 2. The van der Waals surface area contributed by atoms with Crippen LogP contribution in [0.2, 0.25) is 0 Å². The number of fused-ring (bicyclic) bond motifs is 1. The van der Waals surface area contributed by atoms with Crippen molar-refractivity contribution in [3.63, 3.8) is 0 Å². The van der Waals surface area contributed by atoms with Crippen molar-refractivity contribution >= 4 is 35.2 Å². The molecule has 8 nitrogen and oxygen atoms in total. The fourth-order valence-corrected chi connectivity index (χ4v) is 6.42. The predicted octanol–water partition coefficient (Wildman–Crippen LogP) is 4.02. The summed E-state index contributed by atoms with van der Waals surface area (Å²) in [6.07, 6.45) is 11.6. The molecule has 1 spiro atoms. The van der Waals surface area contributed by atoms with E-state index in [1.165, 1.54) is 23.3 Å². The lowest BCUT2D eigenvalue weighted by atomic mass is 9.77. The number of rotatable bonds is 7. The molecule has 6 heterocycles. The molecular formula is C29H35N5O3S. The Balaban J connectivity index is 1.01. The Bertz CT molecular complexity index is 1230. The van der Waals surface area contributed by atoms with Crippen molar-refractivity contribution in [2.24, 2.45) is 5.41 Å². The minimum atomic E-state index is -0.0963. The number of pyridine rings is 1. The lowest BCUT2D eigenvalue weighted by molar-refractivity contribution is -0.139. The molecule has 0 atom stereocenters. The van der Waals surface area contributed by atoms with Crippen molar-refractivity contribution in [2.75, 3.05) is 57.8 Å². The van der Waals surface area contributed by atoms with Crippen LogP contribution in [0.5, 0.6) is 0 Å². The highest BCUT2D eigenvalue weighted by atomic mass is 32.1. The van der Waals surface area contributed by atoms with Crippen molar-refractivity contribution in [3.05, 3.63) is 63.5 Å². The van der Waals surface area contributed by atoms with Crippen LogP contribution in [0.4, 0.5) is 10.6 Å². The Morgan fingerprint density at radius 2 is 2.08 bits per heavy atom. The summed E-state index contributed by atoms with van der Waals surface area (Å²) < 4.78 is 5.43. The van der Waals surface area contributed by atoms with Gasteiger partial charge in [-0.05, 0) is 61.5 Å². The first-order valence-corrected chi connectivity index (χ1v) is 14.5. The molecule has 3 amide bonds. The second-order valence-electron chi connectivity index (χ2n) is 10.9. The predicted molar refractivity (Wildman–Crippen MR) is 149 cm³/mol. The number of nitrogens with one attached hydrogen (secondary N) is 1. The molecule has 2 aromatic rings. The van der Waals surface area contributed by atoms with E-state index in [2.05, 4.69) is 38.8 Å². The van der Waals surface area contributed by atoms with Gasteiger partial charge in [0.15, 0.2) is 0 Å². The molecule has 0 radical (unpaired) electrons. The summed E-state index contributed by atoms with van der Waals surface area (Å²) in [6, 6.07) is 6.17. The zero-order chi connectivity index (χ0) is 26.0. The average Bonchev–Trinajstić information content (AvgIpc) is 3.43. The van der Waals surface area contributed by atoms with Gasteiger partial charge in [0.1, 0.15) is 5.82 Å². The molecule has 0 aliphatic carbocycles. The monoisotopic (exact) mass is 533 g/mol. The van der Waals surface area contributed by atoms with E-state index in [0.29, 0.717) is 30.9 Å². The van der Waals surface area contributed by atoms with Gasteiger partial charge in [-0.25, -0.2) is 9.78 Å². The molecule has 0 saturated carbocycles. The van der Waals surface area contributed by atoms with Gasteiger partial charge in [0, 0.05) is 60.7 Å². The van der Waals surface area contributed by atoms with E-state index < -0.39 is 0 Å². The second kappa shape index (κ2) is 11.0. The minimum absolute atomic E-state index is 0.0147. The fourth-order valence-electron chi connectivity index (χ4n) is 5.67. The number of ether oxygens (including phenoxy) is 1. The number of urea groups is 1. The van der Waals surface area contributed by atoms with Gasteiger partial charge in [-0.2, -0.15) is 0 Å². The fraction of sp³-hybridized carbons (Fsp3) is 0.483. The number of aromatic nitrogens is 1. The second-order valence-corrected chi connectivity index (χ2v) is 12.0. The minimum Gasteiger partial charge on any atom is -0.380 e. The molecule has 9 heteroatoms. The van der Waals surface area contributed by atoms with Crippen molar-refractivity contribution in [1.29, 1.82) is 0 Å². The first-order chi connectivity index (χ1) is 18.6. The average molecular weight is 534 g/mol. The van der Waals surface area contributed by atoms with Crippen molar-refractivity contribution in [3.8, 4) is 0 Å². The zero-order valence-electron chi connectivity index (χ0n) is 21.7. The van der Waals surface area contributed by atoms with Crippen LogP contribution in [0.15, 0.2) is 47.5 Å². The van der Waals surface area contributed by atoms with Crippen LogP contribution in [0.1, 0.15) is 35.3 Å². The topological polar surface area (TPSA) is 78.0 Å². The van der Waals surface area contributed by atoms with Gasteiger partial charge >= 0.3 is 6.03 Å². The van der Waals surface area contributed by atoms with E-state index in [9.17, 15) is 9.59 Å². The quantitative estimate of drug-likeness (QED) is 0.430. The number of anilines is 1. The van der Waals surface area contributed by atoms with Gasteiger partial charge in [-0.3, -0.25) is 10.1 Å². The Morgan fingerprint density at radius 1 is 1.21 bits per heavy atom. The van der Waals surface area contributed by atoms with Crippen LogP contribution in [0.25, 0.3) is 6.08 Å². The third-order valence-electron chi connectivity index (χ3n) is 8.30. The van der Waals surface area contributed by atoms with Crippen molar-refractivity contribution < 1.29 is 14.3 Å². The first kappa shape index (κ1) is 25.3. The zero-order valence-corrected chi connectivity index (χ0v) is 22.5. The molecule has 0 aromatic carbocycles. The molecule has 200 valence electrons. The number of piperidine rings is 1. The van der Waals surface area contributed by atoms with Crippen LogP contribution >= 0.6 is 11.3 Å². The maximum Gasteiger partial charge on any atom is 0.323 e. The maximum atomic E-state index is 12.8. The smallest absolute Gasteiger partial charge is 0.323 e. The third-order valence-corrected chi connectivity index (χ3v) is 9.17. The summed E-state index contributed by atoms with van der Waals surface area (Å²) in [7, 11) is 0. The third kappa shape index (κ3) is 5.70. The highest BCUT2D eigenvalue weighted by Crippen LogP contribution is 2.38. The van der Waals surface area contributed by atoms with Gasteiger partial charge in [0.25, 0.3) is 0 Å². The number of thiophene rings is 1. The van der Waals surface area contributed by atoms with Gasteiger partial charge in [0.05, 0.1) is 19.8 Å². The lowest BCUT2D eigenvalue weighted by Gasteiger charge is -2.47. The normalized spacial score (nSPS) is 21.3. The lowest BCUT2D eigenvalue weighted by Crippen LogP contribution is -2.52. The standard InChI is InChI=1S/C29H35N5O3S/c35-26(33-9-5-22(6-10-33)17-25-2-1-15-38-25)4-3-23-16-24-19-34(28(36)31-27(24)30-18-23)14-13-32-11-7-29(8-12-32)20-37-21-29/h1-5,15-16,18H,6-14,17,19-21H2,(H,30,31,36). The molecule has 1 N–H and O–H groups in total. The van der Waals surface area contributed by atoms with Crippen molar-refractivity contribution in [1.82, 2.24) is 19.7 Å². The van der Waals surface area contributed by atoms with Crippen LogP contribution in [-0.4, -0.2) is 84.1 Å². The molecule has 38 heavy (non-hydrogen) atoms. The van der Waals surface area contributed by atoms with Crippen LogP contribution in [0.3, 0.4) is 0 Å². The number of carbonyl (C=O) groups excluding carboxylic acids is 2. The number of amides is 3. The van der Waals surface area contributed by atoms with Crippen LogP contribution < -0.4 is 5.32 Å². The SMILES string of the molecule is O=C(C=Cc1cnc2c(c1)CN(CCN1CCC3(CC1)COC3)C(=O)N2)N1CC=C(Cc2cccs2)CC1. The summed E-state index contributed by atoms with van der Waals surface area (Å²) in [6.45, 7) is 7.45. The van der Waals surface area contributed by atoms with Gasteiger partial charge in [-0.1, -0.05) is 17.7 Å². The number of hydrogen-bond acceptors (Lipinski definition) is 6. The van der Waals surface area contributed by atoms with Crippen LogP contribution in [-0.2, 0) is 22.5 Å². The van der Waals surface area contributed by atoms with E-state index in [1.54, 1.807) is 23.6 Å². The van der Waals surface area contributed by atoms with Gasteiger partial charge in [0.2, 0.25) is 5.91 Å². The number of likely N-dealkylation sites (tertiary alicyclic amines) is 1. The molecule has 2 saturated heterocycles. The Morgan fingerprint density at radius 3 is 2.79 bits per heavy atom. The van der Waals surface area contributed by atoms with E-state index in [4.69, 9.17) is 4.74 Å². The molecule has 4 aliphatic heterocycles. The van der Waals surface area contributed by atoms with E-state index in [-0.39, 0.29) is 11.9 Å². The van der Waals surface area contributed by atoms with E-state index in [0.717, 1.165) is 63.4 Å². The molecule has 0 bridgehead atoms. The Hall–Kier alpha value is -3.01. The highest BCUT2D eigenvalue weighted by Gasteiger charge is 2.41.